The predicted octanol–water partition coefficient (Wildman–Crippen LogP) is 2.93. The van der Waals surface area contributed by atoms with Crippen LogP contribution >= 0.6 is 11.3 Å². The first-order valence-electron chi connectivity index (χ1n) is 7.79. The zero-order chi connectivity index (χ0) is 15.6. The van der Waals surface area contributed by atoms with Crippen molar-refractivity contribution in [3.8, 4) is 0 Å². The van der Waals surface area contributed by atoms with Crippen LogP contribution in [0.2, 0.25) is 0 Å². The molecule has 6 nitrogen and oxygen atoms in total. The Morgan fingerprint density at radius 2 is 2.17 bits per heavy atom. The maximum atomic E-state index is 12.2. The Bertz CT molecular complexity index is 820. The van der Waals surface area contributed by atoms with Crippen LogP contribution in [0, 0.1) is 0 Å². The minimum absolute atomic E-state index is 0.136. The van der Waals surface area contributed by atoms with E-state index in [1.165, 1.54) is 37.0 Å². The van der Waals surface area contributed by atoms with Crippen molar-refractivity contribution < 1.29 is 4.79 Å². The lowest BCUT2D eigenvalue weighted by Gasteiger charge is -2.11. The smallest absolute Gasteiger partial charge is 0.253 e. The van der Waals surface area contributed by atoms with E-state index in [9.17, 15) is 4.79 Å². The fourth-order valence-electron chi connectivity index (χ4n) is 3.09. The molecule has 0 aromatic carbocycles. The van der Waals surface area contributed by atoms with Gasteiger partial charge in [0.05, 0.1) is 23.9 Å². The van der Waals surface area contributed by atoms with Crippen LogP contribution in [0.5, 0.6) is 0 Å². The van der Waals surface area contributed by atoms with Gasteiger partial charge in [-0.3, -0.25) is 9.78 Å². The van der Waals surface area contributed by atoms with Gasteiger partial charge in [-0.05, 0) is 18.9 Å². The number of fused-ring (bicyclic) bond motifs is 1. The number of rotatable bonds is 4. The average Bonchev–Trinajstić information content (AvgIpc) is 3.31. The number of carbonyl (C=O) groups excluding carboxylic acids is 1. The highest BCUT2D eigenvalue weighted by Gasteiger charge is 2.20. The summed E-state index contributed by atoms with van der Waals surface area (Å²) in [6.07, 6.45) is 10.2. The normalized spacial score (nSPS) is 15.3. The minimum Gasteiger partial charge on any atom is -0.347 e. The third kappa shape index (κ3) is 2.84. The third-order valence-electron chi connectivity index (χ3n) is 4.30. The summed E-state index contributed by atoms with van der Waals surface area (Å²) in [6.45, 7) is 0.484. The number of carbonyl (C=O) groups is 1. The quantitative estimate of drug-likeness (QED) is 0.799. The van der Waals surface area contributed by atoms with Crippen LogP contribution in [0.1, 0.15) is 47.0 Å². The van der Waals surface area contributed by atoms with Crippen LogP contribution in [-0.2, 0) is 6.54 Å². The summed E-state index contributed by atoms with van der Waals surface area (Å²) >= 11 is 1.52. The fourth-order valence-corrected chi connectivity index (χ4v) is 3.63. The molecule has 0 atom stereocenters. The summed E-state index contributed by atoms with van der Waals surface area (Å²) in [5.41, 5.74) is 3.95. The van der Waals surface area contributed by atoms with Gasteiger partial charge in [0.1, 0.15) is 5.52 Å². The molecule has 0 radical (unpaired) electrons. The molecular weight excluding hydrogens is 310 g/mol. The van der Waals surface area contributed by atoms with Gasteiger partial charge in [-0.2, -0.15) is 0 Å². The SMILES string of the molecule is O=C(NCc1cncs1)c1cnc2c(c1)ncn2C1CCCC1. The number of hydrogen-bond acceptors (Lipinski definition) is 5. The molecule has 3 heterocycles. The van der Waals surface area contributed by atoms with Crippen LogP contribution in [0.25, 0.3) is 11.2 Å². The fraction of sp³-hybridized carbons (Fsp3) is 0.375. The maximum Gasteiger partial charge on any atom is 0.253 e. The van der Waals surface area contributed by atoms with Crippen LogP contribution in [0.15, 0.2) is 30.3 Å². The third-order valence-corrected chi connectivity index (χ3v) is 5.08. The van der Waals surface area contributed by atoms with Gasteiger partial charge in [0.2, 0.25) is 0 Å². The summed E-state index contributed by atoms with van der Waals surface area (Å²) in [5, 5.41) is 2.88. The molecule has 7 heteroatoms. The van der Waals surface area contributed by atoms with E-state index in [-0.39, 0.29) is 5.91 Å². The topological polar surface area (TPSA) is 72.7 Å². The first-order chi connectivity index (χ1) is 11.3. The number of thiazole rings is 1. The second-order valence-corrected chi connectivity index (χ2v) is 6.78. The van der Waals surface area contributed by atoms with Crippen molar-refractivity contribution in [1.82, 2.24) is 24.8 Å². The molecule has 0 unspecified atom stereocenters. The first-order valence-corrected chi connectivity index (χ1v) is 8.67. The van der Waals surface area contributed by atoms with Crippen molar-refractivity contribution in [2.24, 2.45) is 0 Å². The summed E-state index contributed by atoms with van der Waals surface area (Å²) < 4.78 is 2.15. The van der Waals surface area contributed by atoms with E-state index in [1.54, 1.807) is 17.9 Å². The Labute approximate surface area is 137 Å². The molecule has 23 heavy (non-hydrogen) atoms. The molecular formula is C16H17N5OS. The molecule has 0 aliphatic heterocycles. The number of imidazole rings is 1. The Kier molecular flexibility index (Phi) is 3.78. The van der Waals surface area contributed by atoms with E-state index in [0.29, 0.717) is 18.2 Å². The number of nitrogens with zero attached hydrogens (tertiary/aromatic N) is 4. The van der Waals surface area contributed by atoms with Crippen molar-refractivity contribution in [3.05, 3.63) is 40.7 Å². The monoisotopic (exact) mass is 327 g/mol. The molecule has 3 aromatic rings. The molecule has 0 spiro atoms. The number of hydrogen-bond donors (Lipinski definition) is 1. The summed E-state index contributed by atoms with van der Waals surface area (Å²) in [5.74, 6) is -0.136. The van der Waals surface area contributed by atoms with Crippen LogP contribution in [0.4, 0.5) is 0 Å². The molecule has 1 aliphatic rings. The molecule has 1 saturated carbocycles. The molecule has 1 amide bonds. The summed E-state index contributed by atoms with van der Waals surface area (Å²) in [7, 11) is 0. The lowest BCUT2D eigenvalue weighted by molar-refractivity contribution is 0.0951. The van der Waals surface area contributed by atoms with Gasteiger partial charge in [0.15, 0.2) is 5.65 Å². The average molecular weight is 327 g/mol. The van der Waals surface area contributed by atoms with Crippen molar-refractivity contribution in [1.29, 1.82) is 0 Å². The van der Waals surface area contributed by atoms with E-state index in [0.717, 1.165) is 16.0 Å². The van der Waals surface area contributed by atoms with Crippen LogP contribution < -0.4 is 5.32 Å². The van der Waals surface area contributed by atoms with E-state index in [2.05, 4.69) is 24.8 Å². The maximum absolute atomic E-state index is 12.2. The first kappa shape index (κ1) is 14.3. The van der Waals surface area contributed by atoms with Crippen molar-refractivity contribution in [3.63, 3.8) is 0 Å². The number of amides is 1. The van der Waals surface area contributed by atoms with Gasteiger partial charge < -0.3 is 9.88 Å². The number of pyridine rings is 1. The lowest BCUT2D eigenvalue weighted by Crippen LogP contribution is -2.22. The molecule has 0 bridgehead atoms. The van der Waals surface area contributed by atoms with Gasteiger partial charge >= 0.3 is 0 Å². The standard InChI is InChI=1S/C16H17N5OS/c22-16(19-8-13-7-17-10-23-13)11-5-14-15(18-6-11)21(9-20-14)12-3-1-2-4-12/h5-7,9-10,12H,1-4,8H2,(H,19,22). The van der Waals surface area contributed by atoms with Crippen molar-refractivity contribution in [2.45, 2.75) is 38.3 Å². The zero-order valence-corrected chi connectivity index (χ0v) is 13.4. The highest BCUT2D eigenvalue weighted by molar-refractivity contribution is 7.09. The van der Waals surface area contributed by atoms with E-state index < -0.39 is 0 Å². The van der Waals surface area contributed by atoms with Crippen molar-refractivity contribution in [2.75, 3.05) is 0 Å². The van der Waals surface area contributed by atoms with Gasteiger partial charge in [0, 0.05) is 23.3 Å². The Balaban J connectivity index is 1.53. The second kappa shape index (κ2) is 6.08. The summed E-state index contributed by atoms with van der Waals surface area (Å²) in [4.78, 5) is 26.2. The molecule has 1 fully saturated rings. The van der Waals surface area contributed by atoms with Gasteiger partial charge in [-0.1, -0.05) is 12.8 Å². The van der Waals surface area contributed by atoms with Gasteiger partial charge in [-0.15, -0.1) is 11.3 Å². The molecule has 3 aromatic heterocycles. The Hall–Kier alpha value is -2.28. The Morgan fingerprint density at radius 1 is 1.30 bits per heavy atom. The van der Waals surface area contributed by atoms with Crippen LogP contribution in [-0.4, -0.2) is 25.4 Å². The predicted molar refractivity (Wildman–Crippen MR) is 88.3 cm³/mol. The van der Waals surface area contributed by atoms with Gasteiger partial charge in [-0.25, -0.2) is 9.97 Å². The van der Waals surface area contributed by atoms with E-state index in [1.807, 2.05) is 12.4 Å². The molecule has 1 aliphatic carbocycles. The zero-order valence-electron chi connectivity index (χ0n) is 12.6. The minimum atomic E-state index is -0.136. The van der Waals surface area contributed by atoms with Crippen LogP contribution in [0.3, 0.4) is 0 Å². The molecule has 0 saturated heterocycles. The molecule has 4 rings (SSSR count). The Morgan fingerprint density at radius 3 is 2.96 bits per heavy atom. The highest BCUT2D eigenvalue weighted by atomic mass is 32.1. The number of aromatic nitrogens is 4. The highest BCUT2D eigenvalue weighted by Crippen LogP contribution is 2.31. The molecule has 118 valence electrons. The number of nitrogens with one attached hydrogen (secondary N) is 1. The lowest BCUT2D eigenvalue weighted by atomic mass is 10.2. The van der Waals surface area contributed by atoms with Gasteiger partial charge in [0.25, 0.3) is 5.91 Å². The largest absolute Gasteiger partial charge is 0.347 e. The van der Waals surface area contributed by atoms with E-state index in [4.69, 9.17) is 0 Å². The second-order valence-electron chi connectivity index (χ2n) is 5.81. The summed E-state index contributed by atoms with van der Waals surface area (Å²) in [6, 6.07) is 2.31. The van der Waals surface area contributed by atoms with Crippen molar-refractivity contribution >= 4 is 28.4 Å². The van der Waals surface area contributed by atoms with E-state index >= 15 is 0 Å². The molecule has 1 N–H and O–H groups in total.